The van der Waals surface area contributed by atoms with E-state index in [1.807, 2.05) is 7.05 Å². The highest BCUT2D eigenvalue weighted by molar-refractivity contribution is 6.05. The summed E-state index contributed by atoms with van der Waals surface area (Å²) in [4.78, 5) is 36.2. The Balaban J connectivity index is 0.000000627. The molecule has 1 saturated heterocycles. The number of nitrogens with zero attached hydrogens (tertiary/aromatic N) is 6. The Morgan fingerprint density at radius 2 is 1.70 bits per heavy atom. The van der Waals surface area contributed by atoms with E-state index in [2.05, 4.69) is 30.8 Å². The summed E-state index contributed by atoms with van der Waals surface area (Å²) < 4.78 is 65.9. The summed E-state index contributed by atoms with van der Waals surface area (Å²) in [6, 6.07) is 10.6. The number of carbonyl (C=O) groups is 3. The van der Waals surface area contributed by atoms with Gasteiger partial charge in [-0.15, -0.1) is 0 Å². The fourth-order valence-corrected chi connectivity index (χ4v) is 5.02. The first-order chi connectivity index (χ1) is 23.8. The van der Waals surface area contributed by atoms with Gasteiger partial charge in [-0.2, -0.15) is 28.5 Å². The topological polar surface area (TPSA) is 175 Å². The number of nitrogens with one attached hydrogen (secondary N) is 2. The number of carboxylic acids is 2. The van der Waals surface area contributed by atoms with E-state index in [-0.39, 0.29) is 54.8 Å². The second-order valence-electron chi connectivity index (χ2n) is 11.0. The number of carboxylic acid groups (broad SMARTS) is 2. The predicted molar refractivity (Wildman–Crippen MR) is 172 cm³/mol. The number of aromatic nitrogens is 4. The quantitative estimate of drug-likeness (QED) is 0.165. The molecule has 266 valence electrons. The lowest BCUT2D eigenvalue weighted by Crippen LogP contribution is -2.55. The predicted octanol–water partition coefficient (Wildman–Crippen LogP) is 4.14. The van der Waals surface area contributed by atoms with Crippen molar-refractivity contribution < 1.29 is 46.9 Å². The third-order valence-electron chi connectivity index (χ3n) is 7.47. The number of amides is 1. The average Bonchev–Trinajstić information content (AvgIpc) is 3.58. The number of benzene rings is 2. The van der Waals surface area contributed by atoms with Crippen molar-refractivity contribution in [3.63, 3.8) is 0 Å². The minimum Gasteiger partial charge on any atom is -0.481 e. The van der Waals surface area contributed by atoms with Gasteiger partial charge in [-0.05, 0) is 50.5 Å². The molecule has 1 atom stereocenters. The zero-order valence-electron chi connectivity index (χ0n) is 26.9. The molecule has 0 saturated carbocycles. The maximum atomic E-state index is 14.9. The molecule has 4 N–H and O–H groups in total. The summed E-state index contributed by atoms with van der Waals surface area (Å²) in [5.74, 6) is -4.61. The number of likely N-dealkylation sites (N-methyl/N-ethyl adjacent to an activating group) is 2. The zero-order valence-corrected chi connectivity index (χ0v) is 26.9. The van der Waals surface area contributed by atoms with Gasteiger partial charge >= 0.3 is 18.1 Å². The molecule has 3 heterocycles. The van der Waals surface area contributed by atoms with E-state index in [1.54, 1.807) is 18.0 Å². The minimum atomic E-state index is -4.91. The summed E-state index contributed by atoms with van der Waals surface area (Å²) in [6.07, 6.45) is -1.06. The lowest BCUT2D eigenvalue weighted by atomic mass is 10.0. The van der Waals surface area contributed by atoms with E-state index in [0.29, 0.717) is 18.8 Å². The van der Waals surface area contributed by atoms with Crippen molar-refractivity contribution in [3.05, 3.63) is 84.2 Å². The van der Waals surface area contributed by atoms with Crippen LogP contribution in [-0.4, -0.2) is 99.3 Å². The molecular weight excluding hydrogens is 668 g/mol. The molecule has 0 spiro atoms. The summed E-state index contributed by atoms with van der Waals surface area (Å²) in [5, 5.41) is 33.2. The van der Waals surface area contributed by atoms with E-state index in [4.69, 9.17) is 14.9 Å². The second-order valence-corrected chi connectivity index (χ2v) is 11.0. The second kappa shape index (κ2) is 16.7. The van der Waals surface area contributed by atoms with Crippen LogP contribution in [0.4, 0.5) is 28.9 Å². The van der Waals surface area contributed by atoms with E-state index in [9.17, 15) is 31.9 Å². The lowest BCUT2D eigenvalue weighted by molar-refractivity contribution is -0.143. The first kappa shape index (κ1) is 37.2. The zero-order chi connectivity index (χ0) is 36.4. The van der Waals surface area contributed by atoms with Gasteiger partial charge in [-0.1, -0.05) is 12.1 Å². The van der Waals surface area contributed by atoms with Gasteiger partial charge in [0.15, 0.2) is 17.3 Å². The van der Waals surface area contributed by atoms with Gasteiger partial charge in [0.05, 0.1) is 42.3 Å². The number of para-hydroxylation sites is 1. The van der Waals surface area contributed by atoms with Crippen molar-refractivity contribution in [2.24, 2.45) is 0 Å². The Kier molecular flexibility index (Phi) is 12.4. The van der Waals surface area contributed by atoms with E-state index in [1.165, 1.54) is 53.6 Å². The molecule has 4 aromatic rings. The molecule has 1 fully saturated rings. The Morgan fingerprint density at radius 3 is 2.32 bits per heavy atom. The largest absolute Gasteiger partial charge is 0.481 e. The number of halogens is 4. The first-order valence-electron chi connectivity index (χ1n) is 15.1. The molecule has 14 nitrogen and oxygen atoms in total. The van der Waals surface area contributed by atoms with Crippen LogP contribution in [0.25, 0.3) is 5.69 Å². The van der Waals surface area contributed by atoms with Crippen LogP contribution in [0.15, 0.2) is 67.1 Å². The Labute approximate surface area is 283 Å². The highest BCUT2D eigenvalue weighted by Gasteiger charge is 2.42. The van der Waals surface area contributed by atoms with Crippen LogP contribution in [0.1, 0.15) is 28.9 Å². The van der Waals surface area contributed by atoms with Crippen molar-refractivity contribution in [2.45, 2.75) is 25.1 Å². The fourth-order valence-electron chi connectivity index (χ4n) is 5.02. The lowest BCUT2D eigenvalue weighted by Gasteiger charge is -2.42. The molecule has 0 bridgehead atoms. The van der Waals surface area contributed by atoms with Crippen LogP contribution in [0.2, 0.25) is 0 Å². The number of carbonyl (C=O) groups excluding carboxylic acids is 1. The van der Waals surface area contributed by atoms with Crippen LogP contribution in [0.3, 0.4) is 0 Å². The van der Waals surface area contributed by atoms with Gasteiger partial charge < -0.3 is 30.5 Å². The van der Waals surface area contributed by atoms with Crippen molar-refractivity contribution >= 4 is 29.2 Å². The number of anilines is 2. The summed E-state index contributed by atoms with van der Waals surface area (Å²) in [6.45, 7) is 1.48. The Bertz CT molecular complexity index is 1780. The number of aliphatic carboxylic acids is 2. The summed E-state index contributed by atoms with van der Waals surface area (Å²) in [7, 11) is 3.67. The Morgan fingerprint density at radius 1 is 0.980 bits per heavy atom. The molecule has 50 heavy (non-hydrogen) atoms. The molecule has 2 aromatic heterocycles. The van der Waals surface area contributed by atoms with Gasteiger partial charge in [-0.3, -0.25) is 19.3 Å². The number of rotatable bonds is 11. The standard InChI is InChI=1S/C28H28F4N8O2.C4H6O4/c1-33-15-19-17-39(14-13-38(19)2)26-21(36-27(41)22-10-12-40(37-22)18-9-11-34-35-16-18)7-8-24(25(26)28(30,31)32)42-23-6-4-3-5-20(23)29;5-3(6)1-2-4(7)8/h3-12,16,19,33H,13-15,17H2,1-2H3,(H,36,41);1-2H2,(H,5,6)(H,7,8)/t19-;/m0./s1. The van der Waals surface area contributed by atoms with Crippen molar-refractivity contribution in [2.75, 3.05) is 50.5 Å². The number of alkyl halides is 3. The van der Waals surface area contributed by atoms with Crippen LogP contribution >= 0.6 is 0 Å². The molecule has 2 aromatic carbocycles. The van der Waals surface area contributed by atoms with Gasteiger partial charge in [0.1, 0.15) is 11.3 Å². The van der Waals surface area contributed by atoms with E-state index in [0.717, 1.165) is 12.1 Å². The molecule has 1 aliphatic rings. The molecule has 18 heteroatoms. The van der Waals surface area contributed by atoms with Crippen LogP contribution < -0.4 is 20.3 Å². The number of hydrogen-bond acceptors (Lipinski definition) is 10. The Hall–Kier alpha value is -5.62. The van der Waals surface area contributed by atoms with Crippen LogP contribution in [0.5, 0.6) is 11.5 Å². The third kappa shape index (κ3) is 9.73. The molecule has 0 aliphatic carbocycles. The molecule has 1 aliphatic heterocycles. The van der Waals surface area contributed by atoms with Gasteiger partial charge in [0, 0.05) is 38.4 Å². The average molecular weight is 703 g/mol. The molecule has 1 amide bonds. The van der Waals surface area contributed by atoms with Crippen molar-refractivity contribution in [1.29, 1.82) is 0 Å². The monoisotopic (exact) mass is 702 g/mol. The highest BCUT2D eigenvalue weighted by Crippen LogP contribution is 2.48. The first-order valence-corrected chi connectivity index (χ1v) is 15.1. The van der Waals surface area contributed by atoms with Gasteiger partial charge in [-0.25, -0.2) is 9.07 Å². The third-order valence-corrected chi connectivity index (χ3v) is 7.47. The van der Waals surface area contributed by atoms with Crippen molar-refractivity contribution in [1.82, 2.24) is 30.2 Å². The number of ether oxygens (including phenoxy) is 1. The summed E-state index contributed by atoms with van der Waals surface area (Å²) in [5.41, 5.74) is -0.946. The highest BCUT2D eigenvalue weighted by atomic mass is 19.4. The van der Waals surface area contributed by atoms with Crippen LogP contribution in [-0.2, 0) is 15.8 Å². The van der Waals surface area contributed by atoms with E-state index < -0.39 is 41.2 Å². The molecule has 5 rings (SSSR count). The van der Waals surface area contributed by atoms with Crippen LogP contribution in [0, 0.1) is 5.82 Å². The number of hydrogen-bond donors (Lipinski definition) is 4. The molecular formula is C32H34F4N8O6. The van der Waals surface area contributed by atoms with Gasteiger partial charge in [0.25, 0.3) is 5.91 Å². The van der Waals surface area contributed by atoms with Crippen molar-refractivity contribution in [3.8, 4) is 17.2 Å². The SMILES string of the molecule is CNC[C@H]1CN(c2c(NC(=O)c3ccn(-c4ccnnc4)n3)ccc(Oc3ccccc3F)c2C(F)(F)F)CCN1C.O=C(O)CCC(=O)O. The van der Waals surface area contributed by atoms with E-state index >= 15 is 0 Å². The maximum absolute atomic E-state index is 14.9. The normalized spacial score (nSPS) is 14.8. The number of piperazine rings is 1. The minimum absolute atomic E-state index is 0.0237. The smallest absolute Gasteiger partial charge is 0.422 e. The molecule has 0 radical (unpaired) electrons. The fraction of sp³-hybridized carbons (Fsp3) is 0.312. The molecule has 0 unspecified atom stereocenters. The van der Waals surface area contributed by atoms with Gasteiger partial charge in [0.2, 0.25) is 0 Å². The summed E-state index contributed by atoms with van der Waals surface area (Å²) >= 11 is 0. The maximum Gasteiger partial charge on any atom is 0.422 e.